The predicted octanol–water partition coefficient (Wildman–Crippen LogP) is 2.21. The van der Waals surface area contributed by atoms with Crippen molar-refractivity contribution >= 4 is 5.82 Å². The van der Waals surface area contributed by atoms with Crippen LogP contribution in [0.5, 0.6) is 0 Å². The van der Waals surface area contributed by atoms with Gasteiger partial charge in [-0.25, -0.2) is 0 Å². The summed E-state index contributed by atoms with van der Waals surface area (Å²) in [6.45, 7) is 9.39. The molecule has 4 nitrogen and oxygen atoms in total. The van der Waals surface area contributed by atoms with Gasteiger partial charge in [0.25, 0.3) is 0 Å². The zero-order valence-electron chi connectivity index (χ0n) is 11.6. The molecular weight excluding hydrogens is 212 g/mol. The van der Waals surface area contributed by atoms with Crippen LogP contribution in [0.25, 0.3) is 0 Å². The first-order chi connectivity index (χ1) is 8.04. The second-order valence-corrected chi connectivity index (χ2v) is 4.79. The Morgan fingerprint density at radius 3 is 2.41 bits per heavy atom. The van der Waals surface area contributed by atoms with Crippen molar-refractivity contribution in [3.05, 3.63) is 17.8 Å². The summed E-state index contributed by atoms with van der Waals surface area (Å²) >= 11 is 0. The summed E-state index contributed by atoms with van der Waals surface area (Å²) in [4.78, 5) is 2.16. The summed E-state index contributed by atoms with van der Waals surface area (Å²) in [5.41, 5.74) is 0.986. The second-order valence-electron chi connectivity index (χ2n) is 4.79. The third-order valence-electron chi connectivity index (χ3n) is 3.01. The number of nitrogens with one attached hydrogen (secondary N) is 1. The summed E-state index contributed by atoms with van der Waals surface area (Å²) < 4.78 is 0. The molecule has 0 amide bonds. The fourth-order valence-corrected chi connectivity index (χ4v) is 1.44. The van der Waals surface area contributed by atoms with E-state index < -0.39 is 0 Å². The standard InChI is InChI=1S/C13H24N4/c1-6-11(4)17(5)13-8-7-12(15-16-13)9-14-10(2)3/h7-8,10-11,14H,6,9H2,1-5H3. The zero-order valence-corrected chi connectivity index (χ0v) is 11.6. The zero-order chi connectivity index (χ0) is 12.8. The first-order valence-corrected chi connectivity index (χ1v) is 6.33. The van der Waals surface area contributed by atoms with E-state index in [9.17, 15) is 0 Å². The number of aromatic nitrogens is 2. The molecule has 0 aliphatic rings. The van der Waals surface area contributed by atoms with Gasteiger partial charge in [0.15, 0.2) is 5.82 Å². The number of rotatable bonds is 6. The molecule has 4 heteroatoms. The van der Waals surface area contributed by atoms with Crippen molar-refractivity contribution in [2.45, 2.75) is 52.7 Å². The van der Waals surface area contributed by atoms with Crippen LogP contribution in [0.15, 0.2) is 12.1 Å². The molecule has 0 saturated carbocycles. The molecule has 0 aliphatic heterocycles. The molecule has 0 radical (unpaired) electrons. The van der Waals surface area contributed by atoms with Crippen LogP contribution >= 0.6 is 0 Å². The van der Waals surface area contributed by atoms with Crippen molar-refractivity contribution in [3.63, 3.8) is 0 Å². The summed E-state index contributed by atoms with van der Waals surface area (Å²) in [6.07, 6.45) is 1.11. The highest BCUT2D eigenvalue weighted by atomic mass is 15.3. The van der Waals surface area contributed by atoms with Gasteiger partial charge in [0.05, 0.1) is 5.69 Å². The lowest BCUT2D eigenvalue weighted by Gasteiger charge is -2.24. The molecule has 1 heterocycles. The van der Waals surface area contributed by atoms with Crippen LogP contribution in [0.2, 0.25) is 0 Å². The fraction of sp³-hybridized carbons (Fsp3) is 0.692. The van der Waals surface area contributed by atoms with Crippen LogP contribution in [-0.4, -0.2) is 29.3 Å². The first-order valence-electron chi connectivity index (χ1n) is 6.33. The molecule has 1 aromatic heterocycles. The van der Waals surface area contributed by atoms with Gasteiger partial charge in [0.1, 0.15) is 0 Å². The minimum absolute atomic E-state index is 0.472. The Hall–Kier alpha value is -1.16. The lowest BCUT2D eigenvalue weighted by molar-refractivity contribution is 0.576. The van der Waals surface area contributed by atoms with Crippen LogP contribution < -0.4 is 10.2 Å². The Morgan fingerprint density at radius 1 is 1.24 bits per heavy atom. The number of nitrogens with zero attached hydrogens (tertiary/aromatic N) is 3. The van der Waals surface area contributed by atoms with Crippen LogP contribution in [0.3, 0.4) is 0 Å². The van der Waals surface area contributed by atoms with Crippen molar-refractivity contribution in [2.24, 2.45) is 0 Å². The molecule has 17 heavy (non-hydrogen) atoms. The van der Waals surface area contributed by atoms with Gasteiger partial charge in [-0.15, -0.1) is 5.10 Å². The maximum absolute atomic E-state index is 4.26. The monoisotopic (exact) mass is 236 g/mol. The summed E-state index contributed by atoms with van der Waals surface area (Å²) in [7, 11) is 2.06. The molecule has 0 fully saturated rings. The lowest BCUT2D eigenvalue weighted by atomic mass is 10.2. The molecule has 0 bridgehead atoms. The molecule has 0 saturated heterocycles. The minimum atomic E-state index is 0.472. The highest BCUT2D eigenvalue weighted by molar-refractivity contribution is 5.37. The van der Waals surface area contributed by atoms with Crippen molar-refractivity contribution in [1.29, 1.82) is 0 Å². The molecule has 1 N–H and O–H groups in total. The molecule has 0 spiro atoms. The SMILES string of the molecule is CCC(C)N(C)c1ccc(CNC(C)C)nn1. The first kappa shape index (κ1) is 13.9. The van der Waals surface area contributed by atoms with Gasteiger partial charge in [0, 0.05) is 25.7 Å². The number of anilines is 1. The third-order valence-corrected chi connectivity index (χ3v) is 3.01. The van der Waals surface area contributed by atoms with Gasteiger partial charge in [-0.3, -0.25) is 0 Å². The Bertz CT molecular complexity index is 321. The van der Waals surface area contributed by atoms with Crippen molar-refractivity contribution in [3.8, 4) is 0 Å². The van der Waals surface area contributed by atoms with Crippen molar-refractivity contribution in [2.75, 3.05) is 11.9 Å². The predicted molar refractivity (Wildman–Crippen MR) is 72.2 cm³/mol. The normalized spacial score (nSPS) is 12.8. The largest absolute Gasteiger partial charge is 0.356 e. The van der Waals surface area contributed by atoms with Crippen molar-refractivity contribution in [1.82, 2.24) is 15.5 Å². The Kier molecular flexibility index (Phi) is 5.35. The summed E-state index contributed by atoms with van der Waals surface area (Å²) in [6, 6.07) is 5.04. The van der Waals surface area contributed by atoms with Crippen LogP contribution in [-0.2, 0) is 6.54 Å². The van der Waals surface area contributed by atoms with Gasteiger partial charge < -0.3 is 10.2 Å². The minimum Gasteiger partial charge on any atom is -0.356 e. The van der Waals surface area contributed by atoms with E-state index in [2.05, 4.69) is 55.2 Å². The van der Waals surface area contributed by atoms with Gasteiger partial charge in [-0.1, -0.05) is 20.8 Å². The Morgan fingerprint density at radius 2 is 1.94 bits per heavy atom. The van der Waals surface area contributed by atoms with Gasteiger partial charge in [0.2, 0.25) is 0 Å². The maximum Gasteiger partial charge on any atom is 0.151 e. The highest BCUT2D eigenvalue weighted by Gasteiger charge is 2.09. The van der Waals surface area contributed by atoms with Crippen molar-refractivity contribution < 1.29 is 0 Å². The Balaban J connectivity index is 2.61. The molecular formula is C13H24N4. The van der Waals surface area contributed by atoms with Crippen LogP contribution in [0.1, 0.15) is 39.8 Å². The molecule has 1 aromatic rings. The molecule has 1 unspecified atom stereocenters. The lowest BCUT2D eigenvalue weighted by Crippen LogP contribution is -2.29. The molecule has 1 rings (SSSR count). The van der Waals surface area contributed by atoms with Gasteiger partial charge in [-0.05, 0) is 25.5 Å². The number of hydrogen-bond acceptors (Lipinski definition) is 4. The van der Waals surface area contributed by atoms with E-state index in [1.165, 1.54) is 0 Å². The molecule has 96 valence electrons. The van der Waals surface area contributed by atoms with E-state index in [4.69, 9.17) is 0 Å². The van der Waals surface area contributed by atoms with E-state index in [0.717, 1.165) is 24.5 Å². The van der Waals surface area contributed by atoms with E-state index in [0.29, 0.717) is 12.1 Å². The van der Waals surface area contributed by atoms with E-state index >= 15 is 0 Å². The molecule has 0 aromatic carbocycles. The van der Waals surface area contributed by atoms with E-state index in [-0.39, 0.29) is 0 Å². The summed E-state index contributed by atoms with van der Waals surface area (Å²) in [5, 5.41) is 11.8. The third kappa shape index (κ3) is 4.30. The average molecular weight is 236 g/mol. The quantitative estimate of drug-likeness (QED) is 0.822. The fourth-order valence-electron chi connectivity index (χ4n) is 1.44. The number of hydrogen-bond donors (Lipinski definition) is 1. The van der Waals surface area contributed by atoms with Gasteiger partial charge >= 0.3 is 0 Å². The average Bonchev–Trinajstić information content (AvgIpc) is 2.35. The molecule has 1 atom stereocenters. The van der Waals surface area contributed by atoms with Crippen LogP contribution in [0, 0.1) is 0 Å². The second kappa shape index (κ2) is 6.55. The summed E-state index contributed by atoms with van der Waals surface area (Å²) in [5.74, 6) is 0.938. The topological polar surface area (TPSA) is 41.0 Å². The van der Waals surface area contributed by atoms with Gasteiger partial charge in [-0.2, -0.15) is 5.10 Å². The van der Waals surface area contributed by atoms with Crippen LogP contribution in [0.4, 0.5) is 5.82 Å². The maximum atomic E-state index is 4.26. The Labute approximate surface area is 104 Å². The molecule has 0 aliphatic carbocycles. The van der Waals surface area contributed by atoms with E-state index in [1.807, 2.05) is 12.1 Å². The van der Waals surface area contributed by atoms with E-state index in [1.54, 1.807) is 0 Å². The smallest absolute Gasteiger partial charge is 0.151 e. The highest BCUT2D eigenvalue weighted by Crippen LogP contribution is 2.12.